The van der Waals surface area contributed by atoms with Gasteiger partial charge >= 0.3 is 5.97 Å². The van der Waals surface area contributed by atoms with Crippen LogP contribution in [-0.4, -0.2) is 26.1 Å². The largest absolute Gasteiger partial charge is 0.478 e. The molecule has 6 heteroatoms. The molecule has 0 saturated carbocycles. The van der Waals surface area contributed by atoms with Gasteiger partial charge in [-0.2, -0.15) is 0 Å². The Bertz CT molecular complexity index is 1950. The van der Waals surface area contributed by atoms with Gasteiger partial charge in [-0.1, -0.05) is 30.3 Å². The van der Waals surface area contributed by atoms with Crippen molar-refractivity contribution in [1.29, 1.82) is 0 Å². The topological polar surface area (TPSA) is 71.6 Å². The van der Waals surface area contributed by atoms with Crippen LogP contribution in [-0.2, 0) is 6.54 Å². The first kappa shape index (κ1) is 15.5. The van der Waals surface area contributed by atoms with E-state index in [1.807, 2.05) is 40.9 Å². The third kappa shape index (κ3) is 1.61. The molecule has 0 fully saturated rings. The minimum Gasteiger partial charge on any atom is -0.478 e. The van der Waals surface area contributed by atoms with Gasteiger partial charge in [0.2, 0.25) is 5.71 Å². The third-order valence-electron chi connectivity index (χ3n) is 6.68. The molecular weight excluding hydrogens is 390 g/mol. The SMILES string of the molecule is O=C(O)c1cc2oc3cccc4c5c6c(c7c8ccccc8n(c1)c7c5n2c34)C=NC6. The predicted molar refractivity (Wildman–Crippen MR) is 120 cm³/mol. The summed E-state index contributed by atoms with van der Waals surface area (Å²) in [7, 11) is 0. The van der Waals surface area contributed by atoms with Crippen LogP contribution in [0.2, 0.25) is 0 Å². The van der Waals surface area contributed by atoms with Crippen molar-refractivity contribution >= 4 is 67.1 Å². The molecule has 5 heterocycles. The van der Waals surface area contributed by atoms with Gasteiger partial charge < -0.3 is 13.9 Å². The molecule has 1 N–H and O–H groups in total. The monoisotopic (exact) mass is 403 g/mol. The molecule has 4 aromatic heterocycles. The lowest BCUT2D eigenvalue weighted by Gasteiger charge is -2.08. The standard InChI is InChI=1S/C25H13N3O3/c29-25(30)12-8-19-28-22-14(5-3-7-18(22)31-19)21-16-10-26-9-15(16)20-13-4-1-2-6-17(13)27(11-12)23(20)24(21)28/h1-9,11H,10H2,(H,29,30). The van der Waals surface area contributed by atoms with Gasteiger partial charge in [-0.15, -0.1) is 0 Å². The van der Waals surface area contributed by atoms with E-state index in [2.05, 4.69) is 21.5 Å². The quantitative estimate of drug-likeness (QED) is 0.395. The first-order valence-electron chi connectivity index (χ1n) is 10.1. The van der Waals surface area contributed by atoms with Crippen molar-refractivity contribution in [2.45, 2.75) is 6.54 Å². The number of rotatable bonds is 1. The highest BCUT2D eigenvalue weighted by Gasteiger charge is 2.28. The molecule has 1 aliphatic heterocycles. The molecule has 0 aliphatic carbocycles. The van der Waals surface area contributed by atoms with Gasteiger partial charge in [-0.05, 0) is 17.7 Å². The van der Waals surface area contributed by atoms with Crippen LogP contribution >= 0.6 is 0 Å². The number of aromatic nitrogens is 2. The van der Waals surface area contributed by atoms with Crippen molar-refractivity contribution in [3.63, 3.8) is 0 Å². The lowest BCUT2D eigenvalue weighted by Crippen LogP contribution is -1.99. The summed E-state index contributed by atoms with van der Waals surface area (Å²) in [6.45, 7) is 0.640. The number of carboxylic acids is 1. The average molecular weight is 403 g/mol. The molecule has 1 aliphatic rings. The number of benzene rings is 3. The van der Waals surface area contributed by atoms with E-state index in [1.54, 1.807) is 12.3 Å². The van der Waals surface area contributed by atoms with E-state index >= 15 is 0 Å². The summed E-state index contributed by atoms with van der Waals surface area (Å²) >= 11 is 0. The molecule has 3 aromatic carbocycles. The Morgan fingerprint density at radius 1 is 1.00 bits per heavy atom. The van der Waals surface area contributed by atoms with Crippen molar-refractivity contribution in [2.75, 3.05) is 0 Å². The number of carboxylic acid groups (broad SMARTS) is 1. The number of carbonyl (C=O) groups is 1. The molecule has 0 amide bonds. The average Bonchev–Trinajstić information content (AvgIpc) is 3.50. The first-order chi connectivity index (χ1) is 15.2. The Morgan fingerprint density at radius 3 is 2.77 bits per heavy atom. The molecule has 0 saturated heterocycles. The van der Waals surface area contributed by atoms with Gasteiger partial charge in [0, 0.05) is 45.6 Å². The fraction of sp³-hybridized carbons (Fsp3) is 0.0400. The van der Waals surface area contributed by atoms with E-state index in [1.165, 1.54) is 10.9 Å². The van der Waals surface area contributed by atoms with Gasteiger partial charge in [-0.3, -0.25) is 9.39 Å². The number of fused-ring (bicyclic) bond motifs is 7. The van der Waals surface area contributed by atoms with Crippen LogP contribution in [0.3, 0.4) is 0 Å². The molecule has 7 aromatic rings. The van der Waals surface area contributed by atoms with Crippen LogP contribution < -0.4 is 0 Å². The Kier molecular flexibility index (Phi) is 2.44. The number of hydrogen-bond donors (Lipinski definition) is 1. The Labute approximate surface area is 173 Å². The van der Waals surface area contributed by atoms with E-state index in [-0.39, 0.29) is 5.56 Å². The molecule has 0 unspecified atom stereocenters. The zero-order valence-corrected chi connectivity index (χ0v) is 16.1. The summed E-state index contributed by atoms with van der Waals surface area (Å²) in [5.74, 6) is -0.996. The fourth-order valence-electron chi connectivity index (χ4n) is 5.54. The molecule has 0 radical (unpaired) electrons. The molecular formula is C25H13N3O3. The van der Waals surface area contributed by atoms with Crippen molar-refractivity contribution in [3.05, 3.63) is 71.4 Å². The van der Waals surface area contributed by atoms with Gasteiger partial charge in [0.1, 0.15) is 0 Å². The predicted octanol–water partition coefficient (Wildman–Crippen LogP) is 5.47. The maximum atomic E-state index is 12.1. The number of oxazole rings is 1. The summed E-state index contributed by atoms with van der Waals surface area (Å²) in [6.07, 6.45) is 3.67. The lowest BCUT2D eigenvalue weighted by molar-refractivity contribution is 0.0696. The van der Waals surface area contributed by atoms with Crippen LogP contribution in [0.25, 0.3) is 54.9 Å². The van der Waals surface area contributed by atoms with Gasteiger partial charge in [0.05, 0.1) is 34.2 Å². The molecule has 31 heavy (non-hydrogen) atoms. The normalized spacial score (nSPS) is 13.8. The maximum Gasteiger partial charge on any atom is 0.337 e. The second-order valence-corrected chi connectivity index (χ2v) is 8.16. The second-order valence-electron chi connectivity index (χ2n) is 8.16. The number of aromatic carboxylic acids is 1. The Balaban J connectivity index is 1.88. The minimum absolute atomic E-state index is 0.167. The van der Waals surface area contributed by atoms with E-state index in [9.17, 15) is 9.90 Å². The molecule has 6 nitrogen and oxygen atoms in total. The highest BCUT2D eigenvalue weighted by molar-refractivity contribution is 6.30. The van der Waals surface area contributed by atoms with Gasteiger partial charge in [-0.25, -0.2) is 4.79 Å². The fourth-order valence-corrected chi connectivity index (χ4v) is 5.54. The van der Waals surface area contributed by atoms with E-state index < -0.39 is 5.97 Å². The number of para-hydroxylation sites is 2. The van der Waals surface area contributed by atoms with E-state index in [0.29, 0.717) is 12.3 Å². The molecule has 0 spiro atoms. The maximum absolute atomic E-state index is 12.1. The number of hydrogen-bond acceptors (Lipinski definition) is 3. The summed E-state index contributed by atoms with van der Waals surface area (Å²) < 4.78 is 10.3. The molecule has 0 bridgehead atoms. The number of aliphatic imine (C=N–C) groups is 1. The lowest BCUT2D eigenvalue weighted by atomic mass is 9.97. The summed E-state index contributed by atoms with van der Waals surface area (Å²) in [5.41, 5.74) is 7.76. The minimum atomic E-state index is -0.996. The van der Waals surface area contributed by atoms with Crippen molar-refractivity contribution in [3.8, 4) is 0 Å². The Hall–Kier alpha value is -4.32. The Morgan fingerprint density at radius 2 is 1.87 bits per heavy atom. The van der Waals surface area contributed by atoms with Crippen molar-refractivity contribution in [1.82, 2.24) is 8.80 Å². The van der Waals surface area contributed by atoms with Crippen molar-refractivity contribution < 1.29 is 14.3 Å². The van der Waals surface area contributed by atoms with Crippen LogP contribution in [0.1, 0.15) is 21.5 Å². The van der Waals surface area contributed by atoms with Crippen LogP contribution in [0.5, 0.6) is 0 Å². The highest BCUT2D eigenvalue weighted by Crippen LogP contribution is 2.46. The number of nitrogens with zero attached hydrogens (tertiary/aromatic N) is 3. The van der Waals surface area contributed by atoms with Crippen LogP contribution in [0, 0.1) is 0 Å². The van der Waals surface area contributed by atoms with E-state index in [0.717, 1.165) is 49.4 Å². The molecule has 0 atom stereocenters. The van der Waals surface area contributed by atoms with Crippen LogP contribution in [0.15, 0.2) is 64.1 Å². The third-order valence-corrected chi connectivity index (χ3v) is 6.68. The summed E-state index contributed by atoms with van der Waals surface area (Å²) in [5, 5.41) is 14.4. The van der Waals surface area contributed by atoms with Gasteiger partial charge in [0.15, 0.2) is 5.58 Å². The summed E-state index contributed by atoms with van der Waals surface area (Å²) in [6, 6.07) is 15.8. The smallest absolute Gasteiger partial charge is 0.337 e. The second kappa shape index (κ2) is 4.87. The highest BCUT2D eigenvalue weighted by atomic mass is 16.4. The van der Waals surface area contributed by atoms with Crippen LogP contribution in [0.4, 0.5) is 0 Å². The van der Waals surface area contributed by atoms with Gasteiger partial charge in [0.25, 0.3) is 0 Å². The zero-order valence-electron chi connectivity index (χ0n) is 16.1. The first-order valence-corrected chi connectivity index (χ1v) is 10.1. The van der Waals surface area contributed by atoms with Crippen molar-refractivity contribution in [2.24, 2.45) is 4.99 Å². The molecule has 146 valence electrons. The summed E-state index contributed by atoms with van der Waals surface area (Å²) in [4.78, 5) is 16.8. The zero-order chi connectivity index (χ0) is 20.4. The van der Waals surface area contributed by atoms with E-state index in [4.69, 9.17) is 4.42 Å². The molecule has 8 rings (SSSR count).